The second-order valence-corrected chi connectivity index (χ2v) is 4.95. The molecule has 1 heterocycles. The Balaban J connectivity index is 0.00000161. The number of hydrogen-bond donors (Lipinski definition) is 0. The van der Waals surface area contributed by atoms with Crippen LogP contribution in [-0.2, 0) is 6.42 Å². The molecule has 0 saturated carbocycles. The number of rotatable bonds is 2. The summed E-state index contributed by atoms with van der Waals surface area (Å²) in [7, 11) is 0. The molecule has 5 heteroatoms. The third-order valence-electron chi connectivity index (χ3n) is 3.25. The van der Waals surface area contributed by atoms with Crippen LogP contribution in [0.3, 0.4) is 0 Å². The van der Waals surface area contributed by atoms with Crippen LogP contribution < -0.4 is 5.56 Å². The summed E-state index contributed by atoms with van der Waals surface area (Å²) in [5.41, 5.74) is 1.48. The average Bonchev–Trinajstić information content (AvgIpc) is 2.48. The van der Waals surface area contributed by atoms with E-state index in [4.69, 9.17) is 11.6 Å². The first-order valence-corrected chi connectivity index (χ1v) is 6.85. The van der Waals surface area contributed by atoms with Gasteiger partial charge in [-0.15, -0.1) is 12.4 Å². The fourth-order valence-electron chi connectivity index (χ4n) is 2.27. The van der Waals surface area contributed by atoms with Crippen LogP contribution in [0.4, 0.5) is 0 Å². The summed E-state index contributed by atoms with van der Waals surface area (Å²) in [5.74, 6) is 0.746. The standard InChI is InChI=1S/C16H13ClN2O.ClH/c1-2-15-18-14-6-4-3-5-13(14)16(20)19(15)12-9-7-11(17)8-10-12;/h3-10H,2H2,1H3;1H. The van der Waals surface area contributed by atoms with E-state index >= 15 is 0 Å². The summed E-state index contributed by atoms with van der Waals surface area (Å²) >= 11 is 5.90. The highest BCUT2D eigenvalue weighted by atomic mass is 35.5. The van der Waals surface area contributed by atoms with Crippen LogP contribution in [0, 0.1) is 0 Å². The number of halogens is 2. The maximum absolute atomic E-state index is 12.7. The van der Waals surface area contributed by atoms with Gasteiger partial charge in [0.1, 0.15) is 5.82 Å². The zero-order valence-corrected chi connectivity index (χ0v) is 13.0. The Hall–Kier alpha value is -1.84. The zero-order chi connectivity index (χ0) is 14.1. The SMILES string of the molecule is CCc1nc2ccccc2c(=O)n1-c1ccc(Cl)cc1.Cl. The molecule has 0 spiro atoms. The Morgan fingerprint density at radius 2 is 1.76 bits per heavy atom. The first-order valence-electron chi connectivity index (χ1n) is 6.47. The topological polar surface area (TPSA) is 34.9 Å². The second kappa shape index (κ2) is 6.29. The Morgan fingerprint density at radius 3 is 2.43 bits per heavy atom. The number of aromatic nitrogens is 2. The van der Waals surface area contributed by atoms with E-state index in [0.29, 0.717) is 16.8 Å². The van der Waals surface area contributed by atoms with Crippen molar-refractivity contribution in [2.24, 2.45) is 0 Å². The van der Waals surface area contributed by atoms with Crippen LogP contribution in [0.15, 0.2) is 53.3 Å². The van der Waals surface area contributed by atoms with Gasteiger partial charge in [-0.3, -0.25) is 9.36 Å². The fraction of sp³-hybridized carbons (Fsp3) is 0.125. The van der Waals surface area contributed by atoms with E-state index in [2.05, 4.69) is 4.98 Å². The van der Waals surface area contributed by atoms with Crippen molar-refractivity contribution >= 4 is 34.9 Å². The van der Waals surface area contributed by atoms with Gasteiger partial charge < -0.3 is 0 Å². The molecule has 0 N–H and O–H groups in total. The van der Waals surface area contributed by atoms with E-state index < -0.39 is 0 Å². The molecule has 0 radical (unpaired) electrons. The van der Waals surface area contributed by atoms with Crippen molar-refractivity contribution in [1.29, 1.82) is 0 Å². The molecule has 0 atom stereocenters. The van der Waals surface area contributed by atoms with Gasteiger partial charge in [-0.05, 0) is 36.4 Å². The number of fused-ring (bicyclic) bond motifs is 1. The van der Waals surface area contributed by atoms with E-state index in [1.807, 2.05) is 37.3 Å². The summed E-state index contributed by atoms with van der Waals surface area (Å²) in [6, 6.07) is 14.6. The Labute approximate surface area is 133 Å². The van der Waals surface area contributed by atoms with Crippen molar-refractivity contribution in [1.82, 2.24) is 9.55 Å². The fourth-order valence-corrected chi connectivity index (χ4v) is 2.40. The quantitative estimate of drug-likeness (QED) is 0.714. The van der Waals surface area contributed by atoms with Crippen LogP contribution in [0.1, 0.15) is 12.7 Å². The van der Waals surface area contributed by atoms with Crippen molar-refractivity contribution in [2.75, 3.05) is 0 Å². The van der Waals surface area contributed by atoms with Crippen molar-refractivity contribution in [2.45, 2.75) is 13.3 Å². The molecule has 3 nitrogen and oxygen atoms in total. The number of benzene rings is 2. The van der Waals surface area contributed by atoms with Crippen molar-refractivity contribution in [3.8, 4) is 5.69 Å². The van der Waals surface area contributed by atoms with Gasteiger partial charge in [0.25, 0.3) is 5.56 Å². The Morgan fingerprint density at radius 1 is 1.10 bits per heavy atom. The molecular weight excluding hydrogens is 307 g/mol. The third kappa shape index (κ3) is 2.80. The van der Waals surface area contributed by atoms with Gasteiger partial charge >= 0.3 is 0 Å². The van der Waals surface area contributed by atoms with Gasteiger partial charge in [-0.2, -0.15) is 0 Å². The van der Waals surface area contributed by atoms with Crippen LogP contribution >= 0.6 is 24.0 Å². The zero-order valence-electron chi connectivity index (χ0n) is 11.4. The predicted molar refractivity (Wildman–Crippen MR) is 89.0 cm³/mol. The number of hydrogen-bond acceptors (Lipinski definition) is 2. The van der Waals surface area contributed by atoms with Gasteiger partial charge in [0.15, 0.2) is 0 Å². The smallest absolute Gasteiger partial charge is 0.265 e. The number of para-hydroxylation sites is 1. The van der Waals surface area contributed by atoms with E-state index in [1.165, 1.54) is 0 Å². The average molecular weight is 321 g/mol. The number of nitrogens with zero attached hydrogens (tertiary/aromatic N) is 2. The summed E-state index contributed by atoms with van der Waals surface area (Å²) in [6.45, 7) is 1.99. The molecule has 0 aliphatic carbocycles. The van der Waals surface area contributed by atoms with Gasteiger partial charge in [0, 0.05) is 11.4 Å². The highest BCUT2D eigenvalue weighted by Crippen LogP contribution is 2.16. The largest absolute Gasteiger partial charge is 0.268 e. The molecule has 3 rings (SSSR count). The lowest BCUT2D eigenvalue weighted by Gasteiger charge is -2.12. The molecule has 0 amide bonds. The summed E-state index contributed by atoms with van der Waals surface area (Å²) in [5, 5.41) is 1.27. The third-order valence-corrected chi connectivity index (χ3v) is 3.50. The molecule has 108 valence electrons. The van der Waals surface area contributed by atoms with Crippen LogP contribution in [0.2, 0.25) is 5.02 Å². The predicted octanol–water partition coefficient (Wildman–Crippen LogP) is 4.02. The van der Waals surface area contributed by atoms with Crippen molar-refractivity contribution < 1.29 is 0 Å². The monoisotopic (exact) mass is 320 g/mol. The van der Waals surface area contributed by atoms with E-state index in [-0.39, 0.29) is 18.0 Å². The first kappa shape index (κ1) is 15.5. The van der Waals surface area contributed by atoms with Crippen LogP contribution in [0.25, 0.3) is 16.6 Å². The molecule has 2 aromatic carbocycles. The molecule has 0 fully saturated rings. The molecular formula is C16H14Cl2N2O. The minimum absolute atomic E-state index is 0. The summed E-state index contributed by atoms with van der Waals surface area (Å²) in [6.07, 6.45) is 0.683. The van der Waals surface area contributed by atoms with Gasteiger partial charge in [-0.25, -0.2) is 4.98 Å². The second-order valence-electron chi connectivity index (χ2n) is 4.52. The molecule has 21 heavy (non-hydrogen) atoms. The molecule has 0 aliphatic heterocycles. The van der Waals surface area contributed by atoms with Crippen molar-refractivity contribution in [3.63, 3.8) is 0 Å². The van der Waals surface area contributed by atoms with Gasteiger partial charge in [-0.1, -0.05) is 30.7 Å². The lowest BCUT2D eigenvalue weighted by Crippen LogP contribution is -2.23. The van der Waals surface area contributed by atoms with E-state index in [9.17, 15) is 4.79 Å². The normalized spacial score (nSPS) is 10.4. The molecule has 0 saturated heterocycles. The Bertz CT molecular complexity index is 826. The van der Waals surface area contributed by atoms with Crippen molar-refractivity contribution in [3.05, 3.63) is 69.7 Å². The first-order chi connectivity index (χ1) is 9.70. The minimum Gasteiger partial charge on any atom is -0.268 e. The highest BCUT2D eigenvalue weighted by molar-refractivity contribution is 6.30. The molecule has 0 aliphatic rings. The molecule has 0 unspecified atom stereocenters. The molecule has 1 aromatic heterocycles. The van der Waals surface area contributed by atoms with E-state index in [0.717, 1.165) is 17.0 Å². The van der Waals surface area contributed by atoms with Gasteiger partial charge in [0.05, 0.1) is 16.6 Å². The van der Waals surface area contributed by atoms with Crippen LogP contribution in [-0.4, -0.2) is 9.55 Å². The maximum Gasteiger partial charge on any atom is 0.265 e. The summed E-state index contributed by atoms with van der Waals surface area (Å²) < 4.78 is 1.65. The summed E-state index contributed by atoms with van der Waals surface area (Å²) in [4.78, 5) is 17.3. The van der Waals surface area contributed by atoms with E-state index in [1.54, 1.807) is 22.8 Å². The van der Waals surface area contributed by atoms with Gasteiger partial charge in [0.2, 0.25) is 0 Å². The lowest BCUT2D eigenvalue weighted by molar-refractivity contribution is 0.833. The minimum atomic E-state index is -0.0465. The number of aryl methyl sites for hydroxylation is 1. The Kier molecular flexibility index (Phi) is 4.66. The molecule has 3 aromatic rings. The lowest BCUT2D eigenvalue weighted by atomic mass is 10.2. The molecule has 0 bridgehead atoms. The maximum atomic E-state index is 12.7. The van der Waals surface area contributed by atoms with Crippen LogP contribution in [0.5, 0.6) is 0 Å². The highest BCUT2D eigenvalue weighted by Gasteiger charge is 2.10.